The molecule has 1 heterocycles. The summed E-state index contributed by atoms with van der Waals surface area (Å²) in [7, 11) is 1.53. The highest BCUT2D eigenvalue weighted by atomic mass is 35.5. The first-order valence-corrected chi connectivity index (χ1v) is 19.6. The molecule has 4 aromatic rings. The Balaban J connectivity index is 1.39. The number of hydrogen-bond donors (Lipinski definition) is 1. The zero-order chi connectivity index (χ0) is 39.0. The minimum atomic E-state index is -1.36. The number of carbonyl (C=O) groups excluding carboxylic acids is 2. The van der Waals surface area contributed by atoms with Crippen LogP contribution in [0.2, 0.25) is 5.02 Å². The molecule has 290 valence electrons. The van der Waals surface area contributed by atoms with E-state index in [1.165, 1.54) is 64.7 Å². The van der Waals surface area contributed by atoms with Crippen LogP contribution in [0.3, 0.4) is 0 Å². The van der Waals surface area contributed by atoms with E-state index in [9.17, 15) is 24.3 Å². The molecule has 1 N–H and O–H groups in total. The van der Waals surface area contributed by atoms with E-state index >= 15 is 0 Å². The van der Waals surface area contributed by atoms with E-state index in [-0.39, 0.29) is 29.4 Å². The van der Waals surface area contributed by atoms with Crippen molar-refractivity contribution in [3.8, 4) is 11.5 Å². The Morgan fingerprint density at radius 2 is 1.50 bits per heavy atom. The Labute approximate surface area is 323 Å². The molecule has 1 aromatic heterocycles. The SMILES string of the molecule is CCCCCCCCCCCCCC(=O)Oc1ccc(C(=O)OC[C@@H](C(C)C)n2cc(C(=O)O)c(=O)c3cc(Cc4cccc(Cl)c4)c(OC)cc32)cc1. The number of aromatic nitrogens is 1. The Morgan fingerprint density at radius 3 is 2.09 bits per heavy atom. The summed E-state index contributed by atoms with van der Waals surface area (Å²) in [4.78, 5) is 51.4. The number of halogens is 1. The number of unbranched alkanes of at least 4 members (excludes halogenated alkanes) is 10. The maximum Gasteiger partial charge on any atom is 0.341 e. The monoisotopic (exact) mass is 759 g/mol. The van der Waals surface area contributed by atoms with E-state index in [1.807, 2.05) is 32.0 Å². The van der Waals surface area contributed by atoms with Crippen LogP contribution in [0.25, 0.3) is 10.9 Å². The molecule has 0 fully saturated rings. The molecule has 0 radical (unpaired) electrons. The predicted octanol–water partition coefficient (Wildman–Crippen LogP) is 10.6. The van der Waals surface area contributed by atoms with Gasteiger partial charge in [-0.15, -0.1) is 0 Å². The summed E-state index contributed by atoms with van der Waals surface area (Å²) in [5, 5.41) is 10.8. The number of pyridine rings is 1. The summed E-state index contributed by atoms with van der Waals surface area (Å²) in [5.41, 5.74) is 1.29. The van der Waals surface area contributed by atoms with E-state index in [4.69, 9.17) is 25.8 Å². The van der Waals surface area contributed by atoms with Crippen molar-refractivity contribution in [3.05, 3.63) is 104 Å². The van der Waals surface area contributed by atoms with Crippen LogP contribution in [0.1, 0.15) is 136 Å². The molecule has 0 amide bonds. The van der Waals surface area contributed by atoms with Gasteiger partial charge in [0.25, 0.3) is 0 Å². The maximum atomic E-state index is 13.5. The van der Waals surface area contributed by atoms with Crippen molar-refractivity contribution >= 4 is 40.4 Å². The van der Waals surface area contributed by atoms with E-state index in [0.29, 0.717) is 40.4 Å². The van der Waals surface area contributed by atoms with Crippen LogP contribution in [0.4, 0.5) is 0 Å². The lowest BCUT2D eigenvalue weighted by molar-refractivity contribution is -0.134. The molecule has 9 nitrogen and oxygen atoms in total. The van der Waals surface area contributed by atoms with E-state index in [2.05, 4.69) is 6.92 Å². The van der Waals surface area contributed by atoms with Crippen molar-refractivity contribution in [3.63, 3.8) is 0 Å². The zero-order valence-corrected chi connectivity index (χ0v) is 32.8. The van der Waals surface area contributed by atoms with Gasteiger partial charge in [0.05, 0.1) is 24.2 Å². The minimum absolute atomic E-state index is 0.101. The molecule has 0 unspecified atom stereocenters. The number of aromatic carboxylic acids is 1. The van der Waals surface area contributed by atoms with Gasteiger partial charge in [0, 0.05) is 35.5 Å². The fourth-order valence-corrected chi connectivity index (χ4v) is 6.87. The molecule has 3 aromatic carbocycles. The van der Waals surface area contributed by atoms with Gasteiger partial charge in [0.2, 0.25) is 5.43 Å². The normalized spacial score (nSPS) is 11.8. The molecular formula is C44H54ClNO8. The highest BCUT2D eigenvalue weighted by molar-refractivity contribution is 6.30. The zero-order valence-electron chi connectivity index (χ0n) is 32.0. The van der Waals surface area contributed by atoms with Crippen molar-refractivity contribution in [1.82, 2.24) is 4.57 Å². The highest BCUT2D eigenvalue weighted by Crippen LogP contribution is 2.31. The number of rotatable bonds is 22. The first-order chi connectivity index (χ1) is 26.0. The third-order valence-electron chi connectivity index (χ3n) is 9.77. The first-order valence-electron chi connectivity index (χ1n) is 19.2. The summed E-state index contributed by atoms with van der Waals surface area (Å²) in [5.74, 6) is -1.53. The second-order valence-electron chi connectivity index (χ2n) is 14.3. The van der Waals surface area contributed by atoms with E-state index < -0.39 is 29.0 Å². The third kappa shape index (κ3) is 12.2. The van der Waals surface area contributed by atoms with Gasteiger partial charge >= 0.3 is 17.9 Å². The van der Waals surface area contributed by atoms with Crippen molar-refractivity contribution < 1.29 is 33.7 Å². The maximum absolute atomic E-state index is 13.5. The van der Waals surface area contributed by atoms with Crippen LogP contribution in [0.5, 0.6) is 11.5 Å². The van der Waals surface area contributed by atoms with Gasteiger partial charge in [-0.05, 0) is 65.9 Å². The number of nitrogens with zero attached hydrogens (tertiary/aromatic N) is 1. The predicted molar refractivity (Wildman–Crippen MR) is 213 cm³/mol. The average Bonchev–Trinajstić information content (AvgIpc) is 3.14. The minimum Gasteiger partial charge on any atom is -0.496 e. The van der Waals surface area contributed by atoms with Gasteiger partial charge in [-0.1, -0.05) is 109 Å². The number of carboxylic acids is 1. The quantitative estimate of drug-likeness (QED) is 0.0477. The number of carboxylic acid groups (broad SMARTS) is 1. The largest absolute Gasteiger partial charge is 0.496 e. The van der Waals surface area contributed by atoms with Crippen molar-refractivity contribution in [2.24, 2.45) is 5.92 Å². The Morgan fingerprint density at radius 1 is 0.852 bits per heavy atom. The standard InChI is InChI=1S/C44H54ClNO8/c1-5-6-7-8-9-10-11-12-13-14-15-19-41(47)54-35-22-20-32(21-23-35)44(51)53-29-39(30(2)3)46-28-37(43(49)50)42(48)36-26-33(40(52-4)27-38(36)46)24-31-17-16-18-34(45)25-31/h16-18,20-23,25-28,30,39H,5-15,19,24,29H2,1-4H3,(H,49,50)/t39-/m0/s1. The molecule has 0 aliphatic rings. The Hall–Kier alpha value is -4.63. The van der Waals surface area contributed by atoms with Gasteiger partial charge < -0.3 is 23.9 Å². The van der Waals surface area contributed by atoms with Gasteiger partial charge in [-0.2, -0.15) is 0 Å². The number of benzene rings is 3. The Bertz CT molecular complexity index is 1920. The first kappa shape index (κ1) is 42.1. The fourth-order valence-electron chi connectivity index (χ4n) is 6.66. The molecule has 0 saturated carbocycles. The van der Waals surface area contributed by atoms with Crippen LogP contribution < -0.4 is 14.9 Å². The lowest BCUT2D eigenvalue weighted by Gasteiger charge is -2.27. The van der Waals surface area contributed by atoms with Gasteiger partial charge in [-0.25, -0.2) is 9.59 Å². The number of ether oxygens (including phenoxy) is 3. The third-order valence-corrected chi connectivity index (χ3v) is 10.0. The smallest absolute Gasteiger partial charge is 0.341 e. The molecule has 1 atom stereocenters. The van der Waals surface area contributed by atoms with Gasteiger partial charge in [0.1, 0.15) is 23.7 Å². The van der Waals surface area contributed by atoms with Crippen LogP contribution in [0, 0.1) is 5.92 Å². The molecule has 10 heteroatoms. The van der Waals surface area contributed by atoms with E-state index in [0.717, 1.165) is 24.8 Å². The summed E-state index contributed by atoms with van der Waals surface area (Å²) in [6.45, 7) is 5.98. The van der Waals surface area contributed by atoms with Gasteiger partial charge in [-0.3, -0.25) is 9.59 Å². The Kier molecular flexibility index (Phi) is 16.6. The summed E-state index contributed by atoms with van der Waals surface area (Å²) in [6, 6.07) is 16.4. The van der Waals surface area contributed by atoms with Crippen LogP contribution in [0.15, 0.2) is 71.7 Å². The molecular weight excluding hydrogens is 706 g/mol. The number of fused-ring (bicyclic) bond motifs is 1. The lowest BCUT2D eigenvalue weighted by Crippen LogP contribution is -2.27. The highest BCUT2D eigenvalue weighted by Gasteiger charge is 2.25. The van der Waals surface area contributed by atoms with Crippen molar-refractivity contribution in [1.29, 1.82) is 0 Å². The van der Waals surface area contributed by atoms with E-state index in [1.54, 1.807) is 47.0 Å². The summed E-state index contributed by atoms with van der Waals surface area (Å²) < 4.78 is 18.7. The van der Waals surface area contributed by atoms with Crippen molar-refractivity contribution in [2.75, 3.05) is 13.7 Å². The summed E-state index contributed by atoms with van der Waals surface area (Å²) in [6.07, 6.45) is 15.3. The number of esters is 2. The van der Waals surface area contributed by atoms with Crippen LogP contribution in [-0.2, 0) is 16.0 Å². The number of carbonyl (C=O) groups is 3. The summed E-state index contributed by atoms with van der Waals surface area (Å²) >= 11 is 6.20. The second kappa shape index (κ2) is 21.3. The molecule has 0 aliphatic heterocycles. The fraction of sp³-hybridized carbons (Fsp3) is 0.455. The molecule has 4 rings (SSSR count). The van der Waals surface area contributed by atoms with Crippen molar-refractivity contribution in [2.45, 2.75) is 110 Å². The average molecular weight is 760 g/mol. The number of methoxy groups -OCH3 is 1. The second-order valence-corrected chi connectivity index (χ2v) is 14.7. The topological polar surface area (TPSA) is 121 Å². The number of hydrogen-bond acceptors (Lipinski definition) is 7. The molecule has 0 saturated heterocycles. The molecule has 0 bridgehead atoms. The van der Waals surface area contributed by atoms with Crippen LogP contribution in [-0.4, -0.2) is 41.3 Å². The molecule has 0 spiro atoms. The lowest BCUT2D eigenvalue weighted by atomic mass is 9.98. The van der Waals surface area contributed by atoms with Gasteiger partial charge in [0.15, 0.2) is 0 Å². The molecule has 0 aliphatic carbocycles. The molecule has 54 heavy (non-hydrogen) atoms. The van der Waals surface area contributed by atoms with Crippen LogP contribution >= 0.6 is 11.6 Å².